The average molecular weight is 354 g/mol. The smallest absolute Gasteiger partial charge is 0.308 e. The molecule has 6 nitrogen and oxygen atoms in total. The Kier molecular flexibility index (Phi) is 6.31. The molecule has 2 heterocycles. The van der Waals surface area contributed by atoms with E-state index >= 15 is 0 Å². The largest absolute Gasteiger partial charge is 0.469 e. The van der Waals surface area contributed by atoms with Crippen LogP contribution in [-0.4, -0.2) is 56.6 Å². The van der Waals surface area contributed by atoms with Crippen LogP contribution < -0.4 is 10.2 Å². The highest BCUT2D eigenvalue weighted by Crippen LogP contribution is 2.28. The molecule has 0 aromatic heterocycles. The van der Waals surface area contributed by atoms with Crippen LogP contribution in [0.1, 0.15) is 12.8 Å². The van der Waals surface area contributed by atoms with Crippen molar-refractivity contribution in [1.29, 1.82) is 0 Å². The molecule has 0 aliphatic carbocycles. The van der Waals surface area contributed by atoms with Gasteiger partial charge in [-0.15, -0.1) is 12.4 Å². The molecule has 1 saturated heterocycles. The summed E-state index contributed by atoms with van der Waals surface area (Å²) in [5, 5.41) is 3.35. The number of carbonyl (C=O) groups excluding carboxylic acids is 2. The van der Waals surface area contributed by atoms with Crippen molar-refractivity contribution in [1.82, 2.24) is 4.90 Å². The van der Waals surface area contributed by atoms with Crippen LogP contribution in [0, 0.1) is 5.92 Å². The van der Waals surface area contributed by atoms with E-state index in [0.29, 0.717) is 32.5 Å². The summed E-state index contributed by atoms with van der Waals surface area (Å²) in [6.07, 6.45) is 1.38. The topological polar surface area (TPSA) is 61.9 Å². The van der Waals surface area contributed by atoms with Gasteiger partial charge in [-0.1, -0.05) is 12.1 Å². The quantitative estimate of drug-likeness (QED) is 0.839. The molecule has 2 aliphatic heterocycles. The monoisotopic (exact) mass is 353 g/mol. The molecule has 24 heavy (non-hydrogen) atoms. The van der Waals surface area contributed by atoms with Crippen LogP contribution in [0.2, 0.25) is 0 Å². The molecule has 132 valence electrons. The van der Waals surface area contributed by atoms with Crippen molar-refractivity contribution in [3.8, 4) is 0 Å². The average Bonchev–Trinajstić information content (AvgIpc) is 2.61. The summed E-state index contributed by atoms with van der Waals surface area (Å²) in [6.45, 7) is 3.32. The maximum absolute atomic E-state index is 12.6. The lowest BCUT2D eigenvalue weighted by Gasteiger charge is -2.35. The number of likely N-dealkylation sites (tertiary alicyclic amines) is 1. The molecule has 7 heteroatoms. The Morgan fingerprint density at radius 2 is 1.92 bits per heavy atom. The molecule has 1 fully saturated rings. The van der Waals surface area contributed by atoms with Crippen LogP contribution in [-0.2, 0) is 14.3 Å². The van der Waals surface area contributed by atoms with E-state index in [0.717, 1.165) is 24.5 Å². The van der Waals surface area contributed by atoms with E-state index in [4.69, 9.17) is 4.74 Å². The second-order valence-corrected chi connectivity index (χ2v) is 6.04. The third-order valence-corrected chi connectivity index (χ3v) is 4.65. The lowest BCUT2D eigenvalue weighted by molar-refractivity contribution is -0.148. The van der Waals surface area contributed by atoms with E-state index in [2.05, 4.69) is 10.2 Å². The van der Waals surface area contributed by atoms with Crippen molar-refractivity contribution in [3.05, 3.63) is 24.3 Å². The Labute approximate surface area is 148 Å². The fraction of sp³-hybridized carbons (Fsp3) is 0.529. The summed E-state index contributed by atoms with van der Waals surface area (Å²) >= 11 is 0. The number of para-hydroxylation sites is 2. The molecule has 2 aliphatic rings. The van der Waals surface area contributed by atoms with Crippen LogP contribution in [0.3, 0.4) is 0 Å². The van der Waals surface area contributed by atoms with Crippen LogP contribution in [0.25, 0.3) is 0 Å². The minimum absolute atomic E-state index is 0. The molecule has 0 atom stereocenters. The number of nitrogens with one attached hydrogen (secondary N) is 1. The van der Waals surface area contributed by atoms with Gasteiger partial charge in [0, 0.05) is 26.2 Å². The van der Waals surface area contributed by atoms with Crippen LogP contribution in [0.15, 0.2) is 24.3 Å². The number of methoxy groups -OCH3 is 1. The summed E-state index contributed by atoms with van der Waals surface area (Å²) < 4.78 is 4.79. The highest BCUT2D eigenvalue weighted by atomic mass is 35.5. The SMILES string of the molecule is COC(=O)C1CCN(C(=O)CN2CCNc3ccccc32)CC1.Cl. The fourth-order valence-electron chi connectivity index (χ4n) is 3.30. The number of benzene rings is 1. The Bertz CT molecular complexity index is 588. The fourth-order valence-corrected chi connectivity index (χ4v) is 3.30. The molecule has 0 spiro atoms. The van der Waals surface area contributed by atoms with Crippen molar-refractivity contribution in [3.63, 3.8) is 0 Å². The number of rotatable bonds is 3. The predicted molar refractivity (Wildman–Crippen MR) is 95.7 cm³/mol. The standard InChI is InChI=1S/C17H23N3O3.ClH/c1-23-17(22)13-6-9-19(10-7-13)16(21)12-20-11-8-18-14-4-2-3-5-15(14)20;/h2-5,13,18H,6-12H2,1H3;1H. The first-order valence-corrected chi connectivity index (χ1v) is 8.12. The Hall–Kier alpha value is -1.95. The van der Waals surface area contributed by atoms with Gasteiger partial charge in [0.15, 0.2) is 0 Å². The highest BCUT2D eigenvalue weighted by molar-refractivity contribution is 5.85. The number of nitrogens with zero attached hydrogens (tertiary/aromatic N) is 2. The zero-order valence-corrected chi connectivity index (χ0v) is 14.7. The van der Waals surface area contributed by atoms with Gasteiger partial charge >= 0.3 is 5.97 Å². The second kappa shape index (κ2) is 8.24. The molecule has 0 bridgehead atoms. The number of piperidine rings is 1. The van der Waals surface area contributed by atoms with Crippen LogP contribution >= 0.6 is 12.4 Å². The lowest BCUT2D eigenvalue weighted by atomic mass is 9.97. The van der Waals surface area contributed by atoms with Gasteiger partial charge in [0.05, 0.1) is 30.9 Å². The van der Waals surface area contributed by atoms with Gasteiger partial charge in [-0.2, -0.15) is 0 Å². The van der Waals surface area contributed by atoms with Gasteiger partial charge < -0.3 is 19.9 Å². The Balaban J connectivity index is 0.00000208. The van der Waals surface area contributed by atoms with Crippen molar-refractivity contribution < 1.29 is 14.3 Å². The molecule has 1 N–H and O–H groups in total. The number of carbonyl (C=O) groups is 2. The number of ether oxygens (including phenoxy) is 1. The Morgan fingerprint density at radius 3 is 2.62 bits per heavy atom. The van der Waals surface area contributed by atoms with Gasteiger partial charge in [0.25, 0.3) is 0 Å². The van der Waals surface area contributed by atoms with Crippen LogP contribution in [0.5, 0.6) is 0 Å². The minimum atomic E-state index is -0.159. The first kappa shape index (κ1) is 18.4. The zero-order valence-electron chi connectivity index (χ0n) is 13.9. The van der Waals surface area contributed by atoms with Crippen molar-refractivity contribution >= 4 is 35.7 Å². The lowest BCUT2D eigenvalue weighted by Crippen LogP contribution is -2.47. The number of hydrogen-bond donors (Lipinski definition) is 1. The molecular weight excluding hydrogens is 330 g/mol. The molecular formula is C17H24ClN3O3. The first-order chi connectivity index (χ1) is 11.2. The van der Waals surface area contributed by atoms with Gasteiger partial charge in [-0.05, 0) is 25.0 Å². The van der Waals surface area contributed by atoms with Gasteiger partial charge in [0.1, 0.15) is 0 Å². The molecule has 1 aromatic carbocycles. The van der Waals surface area contributed by atoms with E-state index < -0.39 is 0 Å². The molecule has 0 saturated carbocycles. The summed E-state index contributed by atoms with van der Waals surface area (Å²) in [5.41, 5.74) is 2.16. The van der Waals surface area contributed by atoms with E-state index in [-0.39, 0.29) is 30.2 Å². The summed E-state index contributed by atoms with van der Waals surface area (Å²) in [7, 11) is 1.42. The summed E-state index contributed by atoms with van der Waals surface area (Å²) in [4.78, 5) is 28.1. The number of anilines is 2. The van der Waals surface area contributed by atoms with E-state index in [1.807, 2.05) is 29.2 Å². The molecule has 0 radical (unpaired) electrons. The van der Waals surface area contributed by atoms with Gasteiger partial charge in [-0.25, -0.2) is 0 Å². The zero-order chi connectivity index (χ0) is 16.2. The molecule has 1 amide bonds. The minimum Gasteiger partial charge on any atom is -0.469 e. The predicted octanol–water partition coefficient (Wildman–Crippen LogP) is 1.75. The van der Waals surface area contributed by atoms with Crippen molar-refractivity contribution in [2.45, 2.75) is 12.8 Å². The van der Waals surface area contributed by atoms with Gasteiger partial charge in [0.2, 0.25) is 5.91 Å². The second-order valence-electron chi connectivity index (χ2n) is 6.04. The maximum atomic E-state index is 12.6. The number of halogens is 1. The van der Waals surface area contributed by atoms with E-state index in [1.165, 1.54) is 7.11 Å². The van der Waals surface area contributed by atoms with E-state index in [1.54, 1.807) is 0 Å². The van der Waals surface area contributed by atoms with Crippen LogP contribution in [0.4, 0.5) is 11.4 Å². The van der Waals surface area contributed by atoms with E-state index in [9.17, 15) is 9.59 Å². The van der Waals surface area contributed by atoms with Crippen molar-refractivity contribution in [2.24, 2.45) is 5.92 Å². The third-order valence-electron chi connectivity index (χ3n) is 4.65. The normalized spacial score (nSPS) is 17.4. The van der Waals surface area contributed by atoms with Gasteiger partial charge in [-0.3, -0.25) is 9.59 Å². The number of esters is 1. The number of amides is 1. The summed E-state index contributed by atoms with van der Waals surface area (Å²) in [5.74, 6) is -0.0953. The molecule has 1 aromatic rings. The molecule has 0 unspecified atom stereocenters. The first-order valence-electron chi connectivity index (χ1n) is 8.12. The number of hydrogen-bond acceptors (Lipinski definition) is 5. The van der Waals surface area contributed by atoms with Crippen molar-refractivity contribution in [2.75, 3.05) is 50.1 Å². The summed E-state index contributed by atoms with van der Waals surface area (Å²) in [6, 6.07) is 8.06. The number of fused-ring (bicyclic) bond motifs is 1. The highest BCUT2D eigenvalue weighted by Gasteiger charge is 2.29. The third kappa shape index (κ3) is 3.93. The molecule has 3 rings (SSSR count). The Morgan fingerprint density at radius 1 is 1.21 bits per heavy atom. The maximum Gasteiger partial charge on any atom is 0.308 e.